The number of terminal acetylenes is 1. The maximum absolute atomic E-state index is 5.34. The highest BCUT2D eigenvalue weighted by Crippen LogP contribution is 2.45. The molecular formula is C14H23N. The van der Waals surface area contributed by atoms with Gasteiger partial charge in [-0.1, -0.05) is 12.8 Å². The van der Waals surface area contributed by atoms with E-state index in [9.17, 15) is 0 Å². The molecule has 2 aliphatic rings. The Morgan fingerprint density at radius 2 is 2.13 bits per heavy atom. The highest BCUT2D eigenvalue weighted by molar-refractivity contribution is 5.02. The van der Waals surface area contributed by atoms with Crippen molar-refractivity contribution in [2.24, 2.45) is 5.92 Å². The van der Waals surface area contributed by atoms with Crippen LogP contribution >= 0.6 is 0 Å². The number of unbranched alkanes of at least 4 members (excludes halogenated alkanes) is 1. The summed E-state index contributed by atoms with van der Waals surface area (Å²) >= 11 is 0. The fourth-order valence-corrected chi connectivity index (χ4v) is 3.08. The van der Waals surface area contributed by atoms with Gasteiger partial charge >= 0.3 is 0 Å². The second-order valence-electron chi connectivity index (χ2n) is 5.23. The Morgan fingerprint density at radius 1 is 1.27 bits per heavy atom. The highest BCUT2D eigenvalue weighted by atomic mass is 15.0. The number of hydrogen-bond donors (Lipinski definition) is 1. The van der Waals surface area contributed by atoms with Crippen molar-refractivity contribution in [2.75, 3.05) is 6.54 Å². The zero-order valence-electron chi connectivity index (χ0n) is 9.73. The van der Waals surface area contributed by atoms with Crippen LogP contribution in [0.3, 0.4) is 0 Å². The molecule has 1 saturated carbocycles. The summed E-state index contributed by atoms with van der Waals surface area (Å²) in [7, 11) is 0. The molecule has 1 unspecified atom stereocenters. The third-order valence-electron chi connectivity index (χ3n) is 4.08. The van der Waals surface area contributed by atoms with Crippen molar-refractivity contribution in [2.45, 2.75) is 63.3 Å². The van der Waals surface area contributed by atoms with Crippen molar-refractivity contribution in [1.29, 1.82) is 0 Å². The van der Waals surface area contributed by atoms with Gasteiger partial charge in [0, 0.05) is 12.0 Å². The average Bonchev–Trinajstić information content (AvgIpc) is 3.06. The zero-order valence-corrected chi connectivity index (χ0v) is 9.73. The predicted octanol–water partition coefficient (Wildman–Crippen LogP) is 3.10. The van der Waals surface area contributed by atoms with Crippen molar-refractivity contribution in [3.63, 3.8) is 0 Å². The van der Waals surface area contributed by atoms with Gasteiger partial charge in [-0.2, -0.15) is 0 Å². The largest absolute Gasteiger partial charge is 0.311 e. The SMILES string of the molecule is C#CCCCC1(C2CC2)CCCCCN1. The molecule has 1 saturated heterocycles. The minimum Gasteiger partial charge on any atom is -0.311 e. The predicted molar refractivity (Wildman–Crippen MR) is 64.6 cm³/mol. The molecule has 84 valence electrons. The smallest absolute Gasteiger partial charge is 0.0210 e. The summed E-state index contributed by atoms with van der Waals surface area (Å²) in [6.07, 6.45) is 17.3. The van der Waals surface area contributed by atoms with Crippen LogP contribution in [0.5, 0.6) is 0 Å². The van der Waals surface area contributed by atoms with Crippen LogP contribution < -0.4 is 5.32 Å². The van der Waals surface area contributed by atoms with Gasteiger partial charge in [0.15, 0.2) is 0 Å². The van der Waals surface area contributed by atoms with Gasteiger partial charge in [0.1, 0.15) is 0 Å². The molecule has 0 spiro atoms. The standard InChI is InChI=1S/C14H23N/c1-2-3-5-10-14(13-8-9-13)11-6-4-7-12-15-14/h1,13,15H,3-12H2. The summed E-state index contributed by atoms with van der Waals surface area (Å²) in [5.41, 5.74) is 0.480. The lowest BCUT2D eigenvalue weighted by Crippen LogP contribution is -2.46. The quantitative estimate of drug-likeness (QED) is 0.549. The van der Waals surface area contributed by atoms with Gasteiger partial charge in [-0.25, -0.2) is 0 Å². The average molecular weight is 205 g/mol. The van der Waals surface area contributed by atoms with Gasteiger partial charge in [0.2, 0.25) is 0 Å². The van der Waals surface area contributed by atoms with Crippen LogP contribution in [-0.4, -0.2) is 12.1 Å². The van der Waals surface area contributed by atoms with Crippen molar-refractivity contribution in [3.8, 4) is 12.3 Å². The Kier molecular flexibility index (Phi) is 3.70. The molecule has 0 aromatic rings. The first-order chi connectivity index (χ1) is 7.37. The van der Waals surface area contributed by atoms with Crippen LogP contribution in [0.4, 0.5) is 0 Å². The summed E-state index contributed by atoms with van der Waals surface area (Å²) in [5, 5.41) is 3.85. The van der Waals surface area contributed by atoms with E-state index in [-0.39, 0.29) is 0 Å². The van der Waals surface area contributed by atoms with Crippen LogP contribution in [0.1, 0.15) is 57.8 Å². The van der Waals surface area contributed by atoms with E-state index in [1.807, 2.05) is 0 Å². The van der Waals surface area contributed by atoms with E-state index in [0.717, 1.165) is 12.3 Å². The summed E-state index contributed by atoms with van der Waals surface area (Å²) in [6, 6.07) is 0. The normalized spacial score (nSPS) is 31.9. The van der Waals surface area contributed by atoms with Crippen LogP contribution in [-0.2, 0) is 0 Å². The van der Waals surface area contributed by atoms with E-state index >= 15 is 0 Å². The van der Waals surface area contributed by atoms with Gasteiger partial charge < -0.3 is 5.32 Å². The Morgan fingerprint density at radius 3 is 2.87 bits per heavy atom. The van der Waals surface area contributed by atoms with Crippen molar-refractivity contribution < 1.29 is 0 Å². The van der Waals surface area contributed by atoms with Crippen LogP contribution in [0.15, 0.2) is 0 Å². The van der Waals surface area contributed by atoms with Gasteiger partial charge in [-0.15, -0.1) is 12.3 Å². The van der Waals surface area contributed by atoms with E-state index < -0.39 is 0 Å². The van der Waals surface area contributed by atoms with Crippen molar-refractivity contribution in [1.82, 2.24) is 5.32 Å². The van der Waals surface area contributed by atoms with E-state index in [0.29, 0.717) is 5.54 Å². The fourth-order valence-electron chi connectivity index (χ4n) is 3.08. The summed E-state index contributed by atoms with van der Waals surface area (Å²) < 4.78 is 0. The molecule has 0 bridgehead atoms. The minimum absolute atomic E-state index is 0.480. The topological polar surface area (TPSA) is 12.0 Å². The molecule has 1 nitrogen and oxygen atoms in total. The molecule has 2 fully saturated rings. The number of rotatable bonds is 4. The molecule has 1 N–H and O–H groups in total. The first kappa shape index (κ1) is 11.0. The van der Waals surface area contributed by atoms with Gasteiger partial charge in [0.25, 0.3) is 0 Å². The summed E-state index contributed by atoms with van der Waals surface area (Å²) in [4.78, 5) is 0. The Labute approximate surface area is 94.0 Å². The van der Waals surface area contributed by atoms with Crippen LogP contribution in [0.25, 0.3) is 0 Å². The van der Waals surface area contributed by atoms with Gasteiger partial charge in [-0.05, 0) is 51.0 Å². The molecule has 1 aliphatic carbocycles. The molecule has 0 radical (unpaired) electrons. The molecule has 1 heteroatoms. The molecule has 0 amide bonds. The first-order valence-corrected chi connectivity index (χ1v) is 6.56. The molecule has 15 heavy (non-hydrogen) atoms. The monoisotopic (exact) mass is 205 g/mol. The Balaban J connectivity index is 1.92. The molecule has 1 aliphatic heterocycles. The van der Waals surface area contributed by atoms with Crippen molar-refractivity contribution >= 4 is 0 Å². The van der Waals surface area contributed by atoms with Crippen LogP contribution in [0, 0.1) is 18.3 Å². The second kappa shape index (κ2) is 5.03. The molecule has 1 atom stereocenters. The zero-order chi connectivity index (χ0) is 10.6. The summed E-state index contributed by atoms with van der Waals surface area (Å²) in [5.74, 6) is 3.74. The molecular weight excluding hydrogens is 182 g/mol. The molecule has 0 aromatic carbocycles. The van der Waals surface area contributed by atoms with E-state index in [2.05, 4.69) is 11.2 Å². The molecule has 1 heterocycles. The number of nitrogens with one attached hydrogen (secondary N) is 1. The lowest BCUT2D eigenvalue weighted by molar-refractivity contribution is 0.249. The lowest BCUT2D eigenvalue weighted by atomic mass is 9.83. The number of hydrogen-bond acceptors (Lipinski definition) is 1. The van der Waals surface area contributed by atoms with Gasteiger partial charge in [0.05, 0.1) is 0 Å². The minimum atomic E-state index is 0.480. The third kappa shape index (κ3) is 2.75. The highest BCUT2D eigenvalue weighted by Gasteiger charge is 2.44. The second-order valence-corrected chi connectivity index (χ2v) is 5.23. The van der Waals surface area contributed by atoms with E-state index in [4.69, 9.17) is 6.42 Å². The van der Waals surface area contributed by atoms with Crippen LogP contribution in [0.2, 0.25) is 0 Å². The Hall–Kier alpha value is -0.480. The lowest BCUT2D eigenvalue weighted by Gasteiger charge is -2.34. The maximum atomic E-state index is 5.34. The maximum Gasteiger partial charge on any atom is 0.0210 e. The summed E-state index contributed by atoms with van der Waals surface area (Å²) in [6.45, 7) is 1.23. The van der Waals surface area contributed by atoms with Crippen molar-refractivity contribution in [3.05, 3.63) is 0 Å². The van der Waals surface area contributed by atoms with E-state index in [1.54, 1.807) is 0 Å². The Bertz CT molecular complexity index is 226. The first-order valence-electron chi connectivity index (χ1n) is 6.56. The molecule has 2 rings (SSSR count). The fraction of sp³-hybridized carbons (Fsp3) is 0.857. The van der Waals surface area contributed by atoms with Gasteiger partial charge in [-0.3, -0.25) is 0 Å². The van der Waals surface area contributed by atoms with E-state index in [1.165, 1.54) is 57.9 Å². The third-order valence-corrected chi connectivity index (χ3v) is 4.08. The molecule has 0 aromatic heterocycles.